The smallest absolute Gasteiger partial charge is 0.337 e. The van der Waals surface area contributed by atoms with E-state index in [1.807, 2.05) is 30.3 Å². The molecule has 6 heteroatoms. The first kappa shape index (κ1) is 17.7. The largest absolute Gasteiger partial charge is 0.465 e. The Morgan fingerprint density at radius 1 is 1.08 bits per heavy atom. The van der Waals surface area contributed by atoms with E-state index in [1.54, 1.807) is 36.2 Å². The van der Waals surface area contributed by atoms with Crippen LogP contribution in [0.1, 0.15) is 28.4 Å². The summed E-state index contributed by atoms with van der Waals surface area (Å²) in [5, 5.41) is 2.84. The van der Waals surface area contributed by atoms with Crippen molar-refractivity contribution in [3.8, 4) is 0 Å². The molecule has 1 aliphatic rings. The fourth-order valence-corrected chi connectivity index (χ4v) is 3.25. The number of anilines is 1. The van der Waals surface area contributed by atoms with E-state index in [-0.39, 0.29) is 24.3 Å². The molecule has 2 amide bonds. The predicted molar refractivity (Wildman–Crippen MR) is 96.5 cm³/mol. The topological polar surface area (TPSA) is 75.7 Å². The first-order valence-corrected chi connectivity index (χ1v) is 8.31. The van der Waals surface area contributed by atoms with E-state index in [0.29, 0.717) is 11.3 Å². The molecule has 0 unspecified atom stereocenters. The lowest BCUT2D eigenvalue weighted by Crippen LogP contribution is -2.30. The van der Waals surface area contributed by atoms with Crippen LogP contribution in [-0.4, -0.2) is 36.8 Å². The van der Waals surface area contributed by atoms with Gasteiger partial charge in [-0.05, 0) is 29.8 Å². The van der Waals surface area contributed by atoms with Crippen molar-refractivity contribution in [1.82, 2.24) is 4.90 Å². The van der Waals surface area contributed by atoms with Gasteiger partial charge in [0.05, 0.1) is 24.6 Å². The van der Waals surface area contributed by atoms with Gasteiger partial charge in [-0.1, -0.05) is 30.3 Å². The molecule has 134 valence electrons. The molecule has 0 radical (unpaired) electrons. The van der Waals surface area contributed by atoms with E-state index in [9.17, 15) is 14.4 Å². The summed E-state index contributed by atoms with van der Waals surface area (Å²) < 4.78 is 4.66. The minimum Gasteiger partial charge on any atom is -0.465 e. The molecule has 26 heavy (non-hydrogen) atoms. The van der Waals surface area contributed by atoms with E-state index in [4.69, 9.17) is 0 Å². The third kappa shape index (κ3) is 3.44. The molecule has 1 N–H and O–H groups in total. The van der Waals surface area contributed by atoms with Crippen LogP contribution in [0.25, 0.3) is 0 Å². The standard InChI is InChI=1S/C20H20N2O4/c1-22-17(23)12-16(18(22)13-6-4-3-5-7-13)19(24)21-15-10-8-14(9-11-15)20(25)26-2/h3-11,16,18H,12H2,1-2H3,(H,21,24)/t16-,18-/m1/s1. The van der Waals surface area contributed by atoms with Gasteiger partial charge in [0, 0.05) is 19.2 Å². The molecule has 2 aromatic rings. The first-order chi connectivity index (χ1) is 12.5. The number of rotatable bonds is 4. The average molecular weight is 352 g/mol. The van der Waals surface area contributed by atoms with Gasteiger partial charge in [-0.25, -0.2) is 4.79 Å². The third-order valence-corrected chi connectivity index (χ3v) is 4.64. The number of likely N-dealkylation sites (tertiary alicyclic amines) is 1. The van der Waals surface area contributed by atoms with E-state index in [2.05, 4.69) is 10.1 Å². The van der Waals surface area contributed by atoms with Gasteiger partial charge in [0.2, 0.25) is 11.8 Å². The lowest BCUT2D eigenvalue weighted by Gasteiger charge is -2.25. The summed E-state index contributed by atoms with van der Waals surface area (Å²) >= 11 is 0. The molecular weight excluding hydrogens is 332 g/mol. The van der Waals surface area contributed by atoms with Crippen LogP contribution in [0.5, 0.6) is 0 Å². The minimum absolute atomic E-state index is 0.0555. The number of nitrogens with zero attached hydrogens (tertiary/aromatic N) is 1. The highest BCUT2D eigenvalue weighted by atomic mass is 16.5. The van der Waals surface area contributed by atoms with Crippen molar-refractivity contribution >= 4 is 23.5 Å². The van der Waals surface area contributed by atoms with Gasteiger partial charge >= 0.3 is 5.97 Å². The molecule has 0 spiro atoms. The molecule has 1 aliphatic heterocycles. The summed E-state index contributed by atoms with van der Waals surface area (Å²) in [5.41, 5.74) is 1.90. The van der Waals surface area contributed by atoms with Gasteiger partial charge in [-0.2, -0.15) is 0 Å². The molecule has 0 aromatic heterocycles. The van der Waals surface area contributed by atoms with Gasteiger partial charge in [-0.15, -0.1) is 0 Å². The molecule has 1 saturated heterocycles. The van der Waals surface area contributed by atoms with Crippen LogP contribution in [0, 0.1) is 5.92 Å². The summed E-state index contributed by atoms with van der Waals surface area (Å²) in [5.74, 6) is -1.19. The number of hydrogen-bond acceptors (Lipinski definition) is 4. The fourth-order valence-electron chi connectivity index (χ4n) is 3.25. The lowest BCUT2D eigenvalue weighted by molar-refractivity contribution is -0.128. The number of amides is 2. The fraction of sp³-hybridized carbons (Fsp3) is 0.250. The maximum atomic E-state index is 12.8. The Morgan fingerprint density at radius 2 is 1.73 bits per heavy atom. The van der Waals surface area contributed by atoms with Crippen molar-refractivity contribution < 1.29 is 19.1 Å². The highest BCUT2D eigenvalue weighted by molar-refractivity contribution is 5.98. The summed E-state index contributed by atoms with van der Waals surface area (Å²) in [4.78, 5) is 38.1. The molecule has 0 saturated carbocycles. The lowest BCUT2D eigenvalue weighted by atomic mass is 9.93. The molecule has 2 atom stereocenters. The van der Waals surface area contributed by atoms with Gasteiger partial charge in [0.25, 0.3) is 0 Å². The zero-order valence-corrected chi connectivity index (χ0v) is 14.6. The number of hydrogen-bond donors (Lipinski definition) is 1. The van der Waals surface area contributed by atoms with Crippen molar-refractivity contribution in [3.63, 3.8) is 0 Å². The third-order valence-electron chi connectivity index (χ3n) is 4.64. The monoisotopic (exact) mass is 352 g/mol. The number of benzene rings is 2. The predicted octanol–water partition coefficient (Wildman–Crippen LogP) is 2.63. The van der Waals surface area contributed by atoms with E-state index in [0.717, 1.165) is 5.56 Å². The van der Waals surface area contributed by atoms with Crippen LogP contribution in [0.15, 0.2) is 54.6 Å². The average Bonchev–Trinajstić information content (AvgIpc) is 2.97. The zero-order valence-electron chi connectivity index (χ0n) is 14.6. The first-order valence-electron chi connectivity index (χ1n) is 8.31. The van der Waals surface area contributed by atoms with Crippen LogP contribution in [0.2, 0.25) is 0 Å². The number of carbonyl (C=O) groups is 3. The van der Waals surface area contributed by atoms with Gasteiger partial charge < -0.3 is 15.0 Å². The Morgan fingerprint density at radius 3 is 2.35 bits per heavy atom. The number of nitrogens with one attached hydrogen (secondary N) is 1. The Balaban J connectivity index is 1.77. The SMILES string of the molecule is COC(=O)c1ccc(NC(=O)[C@@H]2CC(=O)N(C)[C@@H]2c2ccccc2)cc1. The van der Waals surface area contributed by atoms with Crippen molar-refractivity contribution in [3.05, 3.63) is 65.7 Å². The molecule has 3 rings (SSSR count). The van der Waals surface area contributed by atoms with E-state index in [1.165, 1.54) is 7.11 Å². The van der Waals surface area contributed by atoms with E-state index < -0.39 is 11.9 Å². The Kier molecular flexibility index (Phi) is 5.02. The molecule has 0 bridgehead atoms. The highest BCUT2D eigenvalue weighted by Gasteiger charge is 2.42. The zero-order chi connectivity index (χ0) is 18.7. The van der Waals surface area contributed by atoms with Crippen molar-refractivity contribution in [2.45, 2.75) is 12.5 Å². The minimum atomic E-state index is -0.477. The second kappa shape index (κ2) is 7.39. The maximum Gasteiger partial charge on any atom is 0.337 e. The molecule has 6 nitrogen and oxygen atoms in total. The second-order valence-electron chi connectivity index (χ2n) is 6.23. The summed E-state index contributed by atoms with van der Waals surface area (Å²) in [6.45, 7) is 0. The van der Waals surface area contributed by atoms with Crippen LogP contribution in [0.3, 0.4) is 0 Å². The number of ether oxygens (including phenoxy) is 1. The molecule has 2 aromatic carbocycles. The van der Waals surface area contributed by atoms with Crippen LogP contribution in [-0.2, 0) is 14.3 Å². The van der Waals surface area contributed by atoms with Crippen molar-refractivity contribution in [1.29, 1.82) is 0 Å². The molecule has 1 fully saturated rings. The Hall–Kier alpha value is -3.15. The molecule has 1 heterocycles. The number of esters is 1. The summed E-state index contributed by atoms with van der Waals surface area (Å²) in [6.07, 6.45) is 0.169. The maximum absolute atomic E-state index is 12.8. The highest BCUT2D eigenvalue weighted by Crippen LogP contribution is 2.37. The summed E-state index contributed by atoms with van der Waals surface area (Å²) in [7, 11) is 3.04. The second-order valence-corrected chi connectivity index (χ2v) is 6.23. The van der Waals surface area contributed by atoms with E-state index >= 15 is 0 Å². The Bertz CT molecular complexity index is 817. The molecule has 0 aliphatic carbocycles. The van der Waals surface area contributed by atoms with Crippen LogP contribution in [0.4, 0.5) is 5.69 Å². The van der Waals surface area contributed by atoms with Gasteiger partial charge in [0.1, 0.15) is 0 Å². The van der Waals surface area contributed by atoms with Gasteiger partial charge in [0.15, 0.2) is 0 Å². The molecular formula is C20H20N2O4. The summed E-state index contributed by atoms with van der Waals surface area (Å²) in [6, 6.07) is 15.7. The normalized spacial score (nSPS) is 19.3. The van der Waals surface area contributed by atoms with Crippen molar-refractivity contribution in [2.24, 2.45) is 5.92 Å². The van der Waals surface area contributed by atoms with Crippen molar-refractivity contribution in [2.75, 3.05) is 19.5 Å². The van der Waals surface area contributed by atoms with Gasteiger partial charge in [-0.3, -0.25) is 9.59 Å². The number of carbonyl (C=O) groups excluding carboxylic acids is 3. The number of methoxy groups -OCH3 is 1. The Labute approximate surface area is 151 Å². The van der Waals surface area contributed by atoms with Crippen LogP contribution >= 0.6 is 0 Å². The quantitative estimate of drug-likeness (QED) is 0.859. The van der Waals surface area contributed by atoms with Crippen LogP contribution < -0.4 is 5.32 Å².